The van der Waals surface area contributed by atoms with Gasteiger partial charge in [0.25, 0.3) is 11.6 Å². The molecule has 0 aliphatic carbocycles. The van der Waals surface area contributed by atoms with E-state index in [-0.39, 0.29) is 23.0 Å². The van der Waals surface area contributed by atoms with E-state index in [2.05, 4.69) is 5.32 Å². The van der Waals surface area contributed by atoms with Gasteiger partial charge in [-0.1, -0.05) is 11.6 Å². The summed E-state index contributed by atoms with van der Waals surface area (Å²) in [5, 5.41) is 13.1. The molecular formula is C12H10ClN3O4. The SMILES string of the molecule is NCc1ccc(C(=O)Nc2ccc([N+](=O)[O-])c(Cl)c2)o1. The Bertz CT molecular complexity index is 668. The second-order valence-electron chi connectivity index (χ2n) is 3.85. The standard InChI is InChI=1S/C12H10ClN3O4/c13-9-5-7(1-3-10(9)16(18)19)15-12(17)11-4-2-8(6-14)20-11/h1-5H,6,14H2,(H,15,17). The molecule has 20 heavy (non-hydrogen) atoms. The van der Waals surface area contributed by atoms with Crippen LogP contribution in [0.4, 0.5) is 11.4 Å². The molecular weight excluding hydrogens is 286 g/mol. The number of hydrogen-bond acceptors (Lipinski definition) is 5. The highest BCUT2D eigenvalue weighted by atomic mass is 35.5. The molecule has 7 nitrogen and oxygen atoms in total. The molecule has 0 atom stereocenters. The average Bonchev–Trinajstić information content (AvgIpc) is 2.87. The van der Waals surface area contributed by atoms with Gasteiger partial charge in [0.05, 0.1) is 11.5 Å². The van der Waals surface area contributed by atoms with E-state index in [4.69, 9.17) is 21.8 Å². The predicted octanol–water partition coefficient (Wildman–Crippen LogP) is 2.55. The van der Waals surface area contributed by atoms with Crippen molar-refractivity contribution in [3.63, 3.8) is 0 Å². The minimum atomic E-state index is -0.603. The van der Waals surface area contributed by atoms with Gasteiger partial charge in [-0.15, -0.1) is 0 Å². The Hall–Kier alpha value is -2.38. The lowest BCUT2D eigenvalue weighted by atomic mass is 10.2. The maximum Gasteiger partial charge on any atom is 0.291 e. The molecule has 2 rings (SSSR count). The topological polar surface area (TPSA) is 111 Å². The molecule has 0 aliphatic heterocycles. The third-order valence-electron chi connectivity index (χ3n) is 2.49. The first-order valence-electron chi connectivity index (χ1n) is 5.55. The number of carbonyl (C=O) groups excluding carboxylic acids is 1. The van der Waals surface area contributed by atoms with Crippen molar-refractivity contribution in [1.29, 1.82) is 0 Å². The van der Waals surface area contributed by atoms with Crippen LogP contribution in [0.3, 0.4) is 0 Å². The molecule has 0 saturated carbocycles. The second kappa shape index (κ2) is 5.72. The van der Waals surface area contributed by atoms with Gasteiger partial charge in [0.15, 0.2) is 5.76 Å². The summed E-state index contributed by atoms with van der Waals surface area (Å²) in [5.41, 5.74) is 5.48. The van der Waals surface area contributed by atoms with Crippen molar-refractivity contribution in [2.45, 2.75) is 6.54 Å². The van der Waals surface area contributed by atoms with Crippen LogP contribution in [0.25, 0.3) is 0 Å². The number of nitrogens with one attached hydrogen (secondary N) is 1. The number of nitrogens with zero attached hydrogens (tertiary/aromatic N) is 1. The summed E-state index contributed by atoms with van der Waals surface area (Å²) < 4.78 is 5.18. The highest BCUT2D eigenvalue weighted by Gasteiger charge is 2.15. The molecule has 0 bridgehead atoms. The first-order valence-corrected chi connectivity index (χ1v) is 5.93. The van der Waals surface area contributed by atoms with Crippen molar-refractivity contribution < 1.29 is 14.1 Å². The van der Waals surface area contributed by atoms with Gasteiger partial charge in [-0.25, -0.2) is 0 Å². The van der Waals surface area contributed by atoms with E-state index >= 15 is 0 Å². The molecule has 1 heterocycles. The molecule has 0 saturated heterocycles. The molecule has 0 spiro atoms. The van der Waals surface area contributed by atoms with Gasteiger partial charge in [0.1, 0.15) is 10.8 Å². The number of halogens is 1. The molecule has 0 fully saturated rings. The van der Waals surface area contributed by atoms with Crippen molar-refractivity contribution >= 4 is 28.9 Å². The number of carbonyl (C=O) groups is 1. The van der Waals surface area contributed by atoms with E-state index in [0.717, 1.165) is 0 Å². The number of nitro groups is 1. The third-order valence-corrected chi connectivity index (χ3v) is 2.79. The number of nitrogens with two attached hydrogens (primary N) is 1. The van der Waals surface area contributed by atoms with E-state index in [1.165, 1.54) is 24.3 Å². The van der Waals surface area contributed by atoms with Crippen LogP contribution in [0.15, 0.2) is 34.7 Å². The molecule has 0 aliphatic rings. The van der Waals surface area contributed by atoms with Crippen LogP contribution >= 0.6 is 11.6 Å². The quantitative estimate of drug-likeness (QED) is 0.665. The monoisotopic (exact) mass is 295 g/mol. The van der Waals surface area contributed by atoms with Crippen molar-refractivity contribution in [3.05, 3.63) is 57.0 Å². The Morgan fingerprint density at radius 2 is 2.15 bits per heavy atom. The van der Waals surface area contributed by atoms with Gasteiger partial charge in [-0.05, 0) is 24.3 Å². The Balaban J connectivity index is 2.15. The van der Waals surface area contributed by atoms with E-state index in [1.807, 2.05) is 0 Å². The molecule has 1 aromatic heterocycles. The van der Waals surface area contributed by atoms with Crippen LogP contribution in [-0.4, -0.2) is 10.8 Å². The lowest BCUT2D eigenvalue weighted by molar-refractivity contribution is -0.384. The van der Waals surface area contributed by atoms with Crippen molar-refractivity contribution in [1.82, 2.24) is 0 Å². The molecule has 2 aromatic rings. The Kier molecular flexibility index (Phi) is 4.02. The van der Waals surface area contributed by atoms with E-state index in [1.54, 1.807) is 6.07 Å². The largest absolute Gasteiger partial charge is 0.455 e. The number of hydrogen-bond donors (Lipinski definition) is 2. The van der Waals surface area contributed by atoms with Crippen LogP contribution in [-0.2, 0) is 6.54 Å². The summed E-state index contributed by atoms with van der Waals surface area (Å²) in [6, 6.07) is 6.98. The molecule has 0 unspecified atom stereocenters. The molecule has 3 N–H and O–H groups in total. The highest BCUT2D eigenvalue weighted by molar-refractivity contribution is 6.33. The Morgan fingerprint density at radius 3 is 2.70 bits per heavy atom. The lowest BCUT2D eigenvalue weighted by Crippen LogP contribution is -2.11. The van der Waals surface area contributed by atoms with Gasteiger partial charge in [0, 0.05) is 11.8 Å². The van der Waals surface area contributed by atoms with Crippen molar-refractivity contribution in [2.24, 2.45) is 5.73 Å². The smallest absolute Gasteiger partial charge is 0.291 e. The van der Waals surface area contributed by atoms with Crippen molar-refractivity contribution in [2.75, 3.05) is 5.32 Å². The fourth-order valence-electron chi connectivity index (χ4n) is 1.54. The fraction of sp³-hybridized carbons (Fsp3) is 0.0833. The fourth-order valence-corrected chi connectivity index (χ4v) is 1.78. The van der Waals surface area contributed by atoms with Gasteiger partial charge >= 0.3 is 0 Å². The Labute approximate surface area is 118 Å². The zero-order valence-electron chi connectivity index (χ0n) is 10.1. The van der Waals surface area contributed by atoms with Gasteiger partial charge < -0.3 is 15.5 Å². The molecule has 1 amide bonds. The van der Waals surface area contributed by atoms with Crippen LogP contribution in [0, 0.1) is 10.1 Å². The van der Waals surface area contributed by atoms with E-state index in [0.29, 0.717) is 11.4 Å². The number of rotatable bonds is 4. The number of furan rings is 1. The number of benzene rings is 1. The summed E-state index contributed by atoms with van der Waals surface area (Å²) in [7, 11) is 0. The summed E-state index contributed by atoms with van der Waals surface area (Å²) in [6.07, 6.45) is 0. The minimum absolute atomic E-state index is 0.0603. The molecule has 8 heteroatoms. The minimum Gasteiger partial charge on any atom is -0.455 e. The number of nitro benzene ring substituents is 1. The number of amides is 1. The summed E-state index contributed by atoms with van der Waals surface area (Å²) in [6.45, 7) is 0.191. The predicted molar refractivity (Wildman–Crippen MR) is 72.7 cm³/mol. The molecule has 0 radical (unpaired) electrons. The summed E-state index contributed by atoms with van der Waals surface area (Å²) in [5.74, 6) is 0.0893. The van der Waals surface area contributed by atoms with Gasteiger partial charge in [-0.3, -0.25) is 14.9 Å². The van der Waals surface area contributed by atoms with Gasteiger partial charge in [-0.2, -0.15) is 0 Å². The molecule has 104 valence electrons. The number of anilines is 1. The maximum absolute atomic E-state index is 11.9. The second-order valence-corrected chi connectivity index (χ2v) is 4.25. The summed E-state index contributed by atoms with van der Waals surface area (Å²) >= 11 is 5.75. The first-order chi connectivity index (χ1) is 9.51. The highest BCUT2D eigenvalue weighted by Crippen LogP contribution is 2.27. The third kappa shape index (κ3) is 2.95. The zero-order chi connectivity index (χ0) is 14.7. The lowest BCUT2D eigenvalue weighted by Gasteiger charge is -2.04. The van der Waals surface area contributed by atoms with E-state index in [9.17, 15) is 14.9 Å². The average molecular weight is 296 g/mol. The Morgan fingerprint density at radius 1 is 1.40 bits per heavy atom. The van der Waals surface area contributed by atoms with E-state index < -0.39 is 10.8 Å². The van der Waals surface area contributed by atoms with Crippen LogP contribution in [0.1, 0.15) is 16.3 Å². The van der Waals surface area contributed by atoms with Crippen LogP contribution < -0.4 is 11.1 Å². The van der Waals surface area contributed by atoms with Gasteiger partial charge in [0.2, 0.25) is 0 Å². The first kappa shape index (κ1) is 14.0. The van der Waals surface area contributed by atoms with Crippen LogP contribution in [0.5, 0.6) is 0 Å². The zero-order valence-corrected chi connectivity index (χ0v) is 10.9. The molecule has 1 aromatic carbocycles. The summed E-state index contributed by atoms with van der Waals surface area (Å²) in [4.78, 5) is 21.9. The van der Waals surface area contributed by atoms with Crippen molar-refractivity contribution in [3.8, 4) is 0 Å². The maximum atomic E-state index is 11.9. The normalized spacial score (nSPS) is 10.3. The van der Waals surface area contributed by atoms with Crippen LogP contribution in [0.2, 0.25) is 5.02 Å².